The maximum Gasteiger partial charge on any atom is 0.237 e. The van der Waals surface area contributed by atoms with Crippen LogP contribution in [0, 0.1) is 0 Å². The lowest BCUT2D eigenvalue weighted by Gasteiger charge is -2.34. The van der Waals surface area contributed by atoms with Crippen molar-refractivity contribution in [2.24, 2.45) is 0 Å². The SMILES string of the molecule is CCOc1cc(CN2CCCC[C@@H]2C(=O)NC)c(Cl)cc1OC. The van der Waals surface area contributed by atoms with E-state index in [2.05, 4.69) is 10.2 Å². The maximum atomic E-state index is 12.1. The Kier molecular flexibility index (Phi) is 6.54. The van der Waals surface area contributed by atoms with Crippen molar-refractivity contribution in [1.29, 1.82) is 0 Å². The molecule has 1 aliphatic rings. The van der Waals surface area contributed by atoms with Crippen molar-refractivity contribution in [3.8, 4) is 11.5 Å². The van der Waals surface area contributed by atoms with E-state index in [1.54, 1.807) is 20.2 Å². The number of hydrogen-bond acceptors (Lipinski definition) is 4. The number of benzene rings is 1. The molecule has 6 heteroatoms. The van der Waals surface area contributed by atoms with E-state index in [9.17, 15) is 4.79 Å². The number of nitrogens with zero attached hydrogens (tertiary/aromatic N) is 1. The monoisotopic (exact) mass is 340 g/mol. The van der Waals surface area contributed by atoms with Crippen LogP contribution in [0.15, 0.2) is 12.1 Å². The highest BCUT2D eigenvalue weighted by Gasteiger charge is 2.28. The van der Waals surface area contributed by atoms with Crippen LogP contribution >= 0.6 is 11.6 Å². The van der Waals surface area contributed by atoms with Crippen molar-refractivity contribution in [1.82, 2.24) is 10.2 Å². The van der Waals surface area contributed by atoms with Gasteiger partial charge in [0.15, 0.2) is 11.5 Å². The number of likely N-dealkylation sites (N-methyl/N-ethyl adjacent to an activating group) is 1. The highest BCUT2D eigenvalue weighted by atomic mass is 35.5. The summed E-state index contributed by atoms with van der Waals surface area (Å²) in [4.78, 5) is 14.3. The van der Waals surface area contributed by atoms with Crippen molar-refractivity contribution >= 4 is 17.5 Å². The number of hydrogen-bond donors (Lipinski definition) is 1. The smallest absolute Gasteiger partial charge is 0.237 e. The number of ether oxygens (including phenoxy) is 2. The summed E-state index contributed by atoms with van der Waals surface area (Å²) < 4.78 is 10.9. The van der Waals surface area contributed by atoms with Gasteiger partial charge in [-0.05, 0) is 37.9 Å². The third kappa shape index (κ3) is 4.30. The number of rotatable bonds is 6. The standard InChI is InChI=1S/C17H25ClN2O3/c1-4-23-16-9-12(13(18)10-15(16)22-3)11-20-8-6-5-7-14(20)17(21)19-2/h9-10,14H,4-8,11H2,1-3H3,(H,19,21)/t14-/m1/s1. The van der Waals surface area contributed by atoms with E-state index < -0.39 is 0 Å². The molecule has 1 atom stereocenters. The average molecular weight is 341 g/mol. The fourth-order valence-corrected chi connectivity index (χ4v) is 3.20. The first-order valence-electron chi connectivity index (χ1n) is 8.05. The summed E-state index contributed by atoms with van der Waals surface area (Å²) in [6, 6.07) is 3.60. The second-order valence-electron chi connectivity index (χ2n) is 5.62. The minimum absolute atomic E-state index is 0.0689. The van der Waals surface area contributed by atoms with E-state index in [-0.39, 0.29) is 11.9 Å². The largest absolute Gasteiger partial charge is 0.493 e. The number of likely N-dealkylation sites (tertiary alicyclic amines) is 1. The van der Waals surface area contributed by atoms with Crippen molar-refractivity contribution in [3.63, 3.8) is 0 Å². The Balaban J connectivity index is 2.23. The first kappa shape index (κ1) is 17.9. The molecule has 0 aliphatic carbocycles. The Hall–Kier alpha value is -1.46. The number of halogens is 1. The van der Waals surface area contributed by atoms with E-state index in [0.717, 1.165) is 31.4 Å². The molecule has 0 saturated carbocycles. The molecule has 128 valence electrons. The molecular weight excluding hydrogens is 316 g/mol. The van der Waals surface area contributed by atoms with Crippen molar-refractivity contribution in [2.45, 2.75) is 38.8 Å². The zero-order valence-corrected chi connectivity index (χ0v) is 14.8. The lowest BCUT2D eigenvalue weighted by Crippen LogP contribution is -2.48. The number of nitrogens with one attached hydrogen (secondary N) is 1. The lowest BCUT2D eigenvalue weighted by molar-refractivity contribution is -0.127. The summed E-state index contributed by atoms with van der Waals surface area (Å²) in [6.45, 7) is 4.01. The summed E-state index contributed by atoms with van der Waals surface area (Å²) in [5.74, 6) is 1.38. The van der Waals surface area contributed by atoms with Gasteiger partial charge in [0.05, 0.1) is 19.8 Å². The molecule has 1 N–H and O–H groups in total. The molecule has 0 bridgehead atoms. The summed E-state index contributed by atoms with van der Waals surface area (Å²) in [7, 11) is 3.28. The van der Waals surface area contributed by atoms with E-state index >= 15 is 0 Å². The first-order chi connectivity index (χ1) is 11.1. The number of carbonyl (C=O) groups is 1. The fourth-order valence-electron chi connectivity index (χ4n) is 2.99. The molecule has 0 spiro atoms. The Morgan fingerprint density at radius 1 is 1.39 bits per heavy atom. The number of carbonyl (C=O) groups excluding carboxylic acids is 1. The highest BCUT2D eigenvalue weighted by Crippen LogP contribution is 2.34. The van der Waals surface area contributed by atoms with Crippen LogP contribution in [0.25, 0.3) is 0 Å². The Morgan fingerprint density at radius 2 is 2.17 bits per heavy atom. The van der Waals surface area contributed by atoms with Gasteiger partial charge in [-0.1, -0.05) is 18.0 Å². The molecule has 0 radical (unpaired) electrons. The average Bonchev–Trinajstić information content (AvgIpc) is 2.57. The lowest BCUT2D eigenvalue weighted by atomic mass is 10.0. The van der Waals surface area contributed by atoms with Crippen molar-refractivity contribution in [3.05, 3.63) is 22.7 Å². The molecule has 1 heterocycles. The third-order valence-electron chi connectivity index (χ3n) is 4.17. The van der Waals surface area contributed by atoms with E-state index in [0.29, 0.717) is 29.7 Å². The molecule has 2 rings (SSSR count). The molecule has 1 aromatic carbocycles. The summed E-state index contributed by atoms with van der Waals surface area (Å²) in [5.41, 5.74) is 0.951. The first-order valence-corrected chi connectivity index (χ1v) is 8.43. The molecule has 1 aromatic rings. The van der Waals surface area contributed by atoms with E-state index in [1.165, 1.54) is 0 Å². The van der Waals surface area contributed by atoms with Crippen LogP contribution in [0.4, 0.5) is 0 Å². The van der Waals surface area contributed by atoms with Crippen LogP contribution in [0.2, 0.25) is 5.02 Å². The summed E-state index contributed by atoms with van der Waals surface area (Å²) in [5, 5.41) is 3.39. The second-order valence-corrected chi connectivity index (χ2v) is 6.03. The van der Waals surface area contributed by atoms with Crippen molar-refractivity contribution in [2.75, 3.05) is 27.3 Å². The highest BCUT2D eigenvalue weighted by molar-refractivity contribution is 6.31. The molecule has 1 fully saturated rings. The van der Waals surface area contributed by atoms with Gasteiger partial charge in [0.2, 0.25) is 5.91 Å². The number of methoxy groups -OCH3 is 1. The Labute approximate surface area is 142 Å². The van der Waals surface area contributed by atoms with Crippen LogP contribution in [-0.2, 0) is 11.3 Å². The molecule has 0 aromatic heterocycles. The van der Waals surface area contributed by atoms with Gasteiger partial charge in [0.25, 0.3) is 0 Å². The quantitative estimate of drug-likeness (QED) is 0.865. The van der Waals surface area contributed by atoms with Gasteiger partial charge < -0.3 is 14.8 Å². The molecule has 1 amide bonds. The zero-order chi connectivity index (χ0) is 16.8. The molecular formula is C17H25ClN2O3. The van der Waals surface area contributed by atoms with Gasteiger partial charge in [-0.3, -0.25) is 9.69 Å². The third-order valence-corrected chi connectivity index (χ3v) is 4.52. The minimum Gasteiger partial charge on any atom is -0.493 e. The summed E-state index contributed by atoms with van der Waals surface area (Å²) >= 11 is 6.40. The fraction of sp³-hybridized carbons (Fsp3) is 0.588. The predicted octanol–water partition coefficient (Wildman–Crippen LogP) is 2.85. The molecule has 1 aliphatic heterocycles. The van der Waals surface area contributed by atoms with Gasteiger partial charge in [-0.15, -0.1) is 0 Å². The normalized spacial score (nSPS) is 18.5. The van der Waals surface area contributed by atoms with Crippen molar-refractivity contribution < 1.29 is 14.3 Å². The van der Waals surface area contributed by atoms with E-state index in [1.807, 2.05) is 13.0 Å². The second kappa shape index (κ2) is 8.41. The van der Waals surface area contributed by atoms with Crippen LogP contribution in [0.1, 0.15) is 31.7 Å². The van der Waals surface area contributed by atoms with Gasteiger partial charge in [-0.2, -0.15) is 0 Å². The number of piperidine rings is 1. The Morgan fingerprint density at radius 3 is 2.83 bits per heavy atom. The van der Waals surface area contributed by atoms with Crippen LogP contribution in [-0.4, -0.2) is 44.2 Å². The van der Waals surface area contributed by atoms with Gasteiger partial charge in [-0.25, -0.2) is 0 Å². The summed E-state index contributed by atoms with van der Waals surface area (Å²) in [6.07, 6.45) is 3.06. The molecule has 23 heavy (non-hydrogen) atoms. The molecule has 1 saturated heterocycles. The predicted molar refractivity (Wildman–Crippen MR) is 91.3 cm³/mol. The molecule has 0 unspecified atom stereocenters. The van der Waals surface area contributed by atoms with Crippen LogP contribution < -0.4 is 14.8 Å². The zero-order valence-electron chi connectivity index (χ0n) is 14.0. The number of amides is 1. The molecule has 5 nitrogen and oxygen atoms in total. The Bertz CT molecular complexity index is 551. The topological polar surface area (TPSA) is 50.8 Å². The van der Waals surface area contributed by atoms with Crippen LogP contribution in [0.3, 0.4) is 0 Å². The van der Waals surface area contributed by atoms with E-state index in [4.69, 9.17) is 21.1 Å². The maximum absolute atomic E-state index is 12.1. The van der Waals surface area contributed by atoms with Gasteiger partial charge >= 0.3 is 0 Å². The minimum atomic E-state index is -0.0949. The van der Waals surface area contributed by atoms with Crippen LogP contribution in [0.5, 0.6) is 11.5 Å². The van der Waals surface area contributed by atoms with Gasteiger partial charge in [0, 0.05) is 24.7 Å². The van der Waals surface area contributed by atoms with Gasteiger partial charge in [0.1, 0.15) is 0 Å².